The van der Waals surface area contributed by atoms with E-state index in [0.29, 0.717) is 24.2 Å². The molecule has 0 aliphatic heterocycles. The van der Waals surface area contributed by atoms with Crippen molar-refractivity contribution in [2.24, 2.45) is 0 Å². The molecule has 0 unspecified atom stereocenters. The van der Waals surface area contributed by atoms with Gasteiger partial charge in [-0.1, -0.05) is 57.5 Å². The smallest absolute Gasteiger partial charge is 0.251 e. The summed E-state index contributed by atoms with van der Waals surface area (Å²) in [5, 5.41) is 7.93. The van der Waals surface area contributed by atoms with Crippen molar-refractivity contribution in [1.82, 2.24) is 10.6 Å². The molecular weight excluding hydrogens is 460 g/mol. The molecule has 4 nitrogen and oxygen atoms in total. The predicted octanol–water partition coefficient (Wildman–Crippen LogP) is 5.06. The minimum absolute atomic E-state index is 0.0794. The van der Waals surface area contributed by atoms with E-state index in [0.717, 1.165) is 36.3 Å². The fourth-order valence-electron chi connectivity index (χ4n) is 2.53. The van der Waals surface area contributed by atoms with E-state index in [4.69, 9.17) is 0 Å². The van der Waals surface area contributed by atoms with Gasteiger partial charge in [-0.25, -0.2) is 0 Å². The summed E-state index contributed by atoms with van der Waals surface area (Å²) < 4.78 is 0. The molecule has 0 radical (unpaired) electrons. The van der Waals surface area contributed by atoms with Crippen LogP contribution in [0.15, 0.2) is 24.3 Å². The van der Waals surface area contributed by atoms with Crippen LogP contribution in [0.3, 0.4) is 0 Å². The molecule has 26 heavy (non-hydrogen) atoms. The van der Waals surface area contributed by atoms with Gasteiger partial charge in [0.25, 0.3) is 11.8 Å². The van der Waals surface area contributed by atoms with Gasteiger partial charge in [0.15, 0.2) is 0 Å². The molecule has 0 aromatic heterocycles. The van der Waals surface area contributed by atoms with Crippen molar-refractivity contribution in [3.05, 3.63) is 35.4 Å². The van der Waals surface area contributed by atoms with E-state index in [2.05, 4.69) is 42.5 Å². The Morgan fingerprint density at radius 1 is 0.615 bits per heavy atom. The number of carbonyl (C=O) groups excluding carboxylic acids is 2. The predicted molar refractivity (Wildman–Crippen MR) is 116 cm³/mol. The average Bonchev–Trinajstić information content (AvgIpc) is 2.67. The highest BCUT2D eigenvalue weighted by molar-refractivity contribution is 9.09. The summed E-state index contributed by atoms with van der Waals surface area (Å²) >= 11 is 6.83. The molecule has 0 heterocycles. The van der Waals surface area contributed by atoms with E-state index in [1.165, 1.54) is 25.7 Å². The third-order valence-corrected chi connectivity index (χ3v) is 5.22. The highest BCUT2D eigenvalue weighted by Crippen LogP contribution is 2.06. The number of hydrogen-bond acceptors (Lipinski definition) is 2. The molecule has 2 N–H and O–H groups in total. The normalized spacial score (nSPS) is 10.5. The van der Waals surface area contributed by atoms with E-state index in [9.17, 15) is 9.59 Å². The lowest BCUT2D eigenvalue weighted by molar-refractivity contribution is 0.0941. The molecule has 146 valence electrons. The number of carbonyl (C=O) groups is 2. The van der Waals surface area contributed by atoms with Crippen LogP contribution in [0.1, 0.15) is 72.1 Å². The zero-order valence-electron chi connectivity index (χ0n) is 15.4. The maximum absolute atomic E-state index is 12.1. The third kappa shape index (κ3) is 10.3. The quantitative estimate of drug-likeness (QED) is 0.283. The summed E-state index contributed by atoms with van der Waals surface area (Å²) in [6, 6.07) is 6.85. The van der Waals surface area contributed by atoms with Crippen LogP contribution in [0, 0.1) is 0 Å². The summed E-state index contributed by atoms with van der Waals surface area (Å²) in [4.78, 5) is 24.2. The molecule has 0 bridgehead atoms. The van der Waals surface area contributed by atoms with Gasteiger partial charge in [0.05, 0.1) is 0 Å². The number of rotatable bonds is 14. The second-order valence-electron chi connectivity index (χ2n) is 6.30. The van der Waals surface area contributed by atoms with Crippen LogP contribution < -0.4 is 10.6 Å². The molecule has 0 atom stereocenters. The van der Waals surface area contributed by atoms with E-state index in [1.807, 2.05) is 0 Å². The van der Waals surface area contributed by atoms with Crippen LogP contribution in [0.2, 0.25) is 0 Å². The number of benzene rings is 1. The zero-order valence-corrected chi connectivity index (χ0v) is 18.5. The summed E-state index contributed by atoms with van der Waals surface area (Å²) in [7, 11) is 0. The van der Waals surface area contributed by atoms with Crippen molar-refractivity contribution >= 4 is 43.7 Å². The number of amides is 2. The number of halogens is 2. The summed E-state index contributed by atoms with van der Waals surface area (Å²) in [6.07, 6.45) is 8.96. The molecule has 0 saturated heterocycles. The number of alkyl halides is 2. The minimum Gasteiger partial charge on any atom is -0.352 e. The summed E-state index contributed by atoms with van der Waals surface area (Å²) in [6.45, 7) is 1.39. The lowest BCUT2D eigenvalue weighted by Gasteiger charge is -2.07. The Kier molecular flexibility index (Phi) is 13.5. The number of nitrogens with one attached hydrogen (secondary N) is 2. The summed E-state index contributed by atoms with van der Waals surface area (Å²) in [5.74, 6) is -0.159. The first-order valence-electron chi connectivity index (χ1n) is 9.47. The van der Waals surface area contributed by atoms with Gasteiger partial charge in [0.2, 0.25) is 0 Å². The van der Waals surface area contributed by atoms with Crippen molar-refractivity contribution in [2.75, 3.05) is 23.7 Å². The van der Waals surface area contributed by atoms with Crippen molar-refractivity contribution in [3.8, 4) is 0 Å². The monoisotopic (exact) mass is 488 g/mol. The van der Waals surface area contributed by atoms with E-state index < -0.39 is 0 Å². The van der Waals surface area contributed by atoms with Gasteiger partial charge in [-0.3, -0.25) is 9.59 Å². The fourth-order valence-corrected chi connectivity index (χ4v) is 3.32. The van der Waals surface area contributed by atoms with Crippen molar-refractivity contribution < 1.29 is 9.59 Å². The Labute approximate surface area is 174 Å². The Morgan fingerprint density at radius 3 is 1.31 bits per heavy atom. The van der Waals surface area contributed by atoms with Gasteiger partial charge >= 0.3 is 0 Å². The Hall–Kier alpha value is -0.880. The van der Waals surface area contributed by atoms with Gasteiger partial charge in [-0.2, -0.15) is 0 Å². The van der Waals surface area contributed by atoms with E-state index >= 15 is 0 Å². The van der Waals surface area contributed by atoms with Gasteiger partial charge in [-0.15, -0.1) is 0 Å². The molecule has 0 aliphatic rings. The van der Waals surface area contributed by atoms with Gasteiger partial charge in [0.1, 0.15) is 0 Å². The molecule has 0 saturated carbocycles. The van der Waals surface area contributed by atoms with Crippen LogP contribution in [0.5, 0.6) is 0 Å². The zero-order chi connectivity index (χ0) is 19.0. The average molecular weight is 490 g/mol. The second kappa shape index (κ2) is 15.2. The van der Waals surface area contributed by atoms with Crippen LogP contribution in [-0.2, 0) is 0 Å². The molecule has 1 rings (SSSR count). The minimum atomic E-state index is -0.0794. The first kappa shape index (κ1) is 23.2. The molecule has 0 aliphatic carbocycles. The van der Waals surface area contributed by atoms with Crippen LogP contribution in [0.25, 0.3) is 0 Å². The van der Waals surface area contributed by atoms with Gasteiger partial charge < -0.3 is 10.6 Å². The molecule has 6 heteroatoms. The Balaban J connectivity index is 2.26. The largest absolute Gasteiger partial charge is 0.352 e. The molecule has 2 amide bonds. The van der Waals surface area contributed by atoms with Crippen LogP contribution in [-0.4, -0.2) is 35.6 Å². The highest BCUT2D eigenvalue weighted by atomic mass is 79.9. The third-order valence-electron chi connectivity index (χ3n) is 4.10. The molecular formula is C20H30Br2N2O2. The van der Waals surface area contributed by atoms with Gasteiger partial charge in [0, 0.05) is 34.9 Å². The van der Waals surface area contributed by atoms with Crippen molar-refractivity contribution in [3.63, 3.8) is 0 Å². The Bertz CT molecular complexity index is 474. The maximum atomic E-state index is 12.1. The fraction of sp³-hybridized carbons (Fsp3) is 0.600. The maximum Gasteiger partial charge on any atom is 0.251 e. The first-order chi connectivity index (χ1) is 12.7. The molecule has 1 aromatic carbocycles. The van der Waals surface area contributed by atoms with Crippen molar-refractivity contribution in [1.29, 1.82) is 0 Å². The first-order valence-corrected chi connectivity index (χ1v) is 11.7. The number of hydrogen-bond donors (Lipinski definition) is 2. The molecule has 1 aromatic rings. The van der Waals surface area contributed by atoms with Crippen LogP contribution >= 0.6 is 31.9 Å². The SMILES string of the molecule is O=C(NCCCCCCBr)c1ccc(C(=O)NCCCCCCBr)cc1. The second-order valence-corrected chi connectivity index (χ2v) is 7.88. The summed E-state index contributed by atoms with van der Waals surface area (Å²) in [5.41, 5.74) is 1.19. The Morgan fingerprint density at radius 2 is 0.962 bits per heavy atom. The highest BCUT2D eigenvalue weighted by Gasteiger charge is 2.08. The lowest BCUT2D eigenvalue weighted by Crippen LogP contribution is -2.26. The van der Waals surface area contributed by atoms with Crippen LogP contribution in [0.4, 0.5) is 0 Å². The lowest BCUT2D eigenvalue weighted by atomic mass is 10.1. The number of unbranched alkanes of at least 4 members (excludes halogenated alkanes) is 6. The van der Waals surface area contributed by atoms with E-state index in [1.54, 1.807) is 24.3 Å². The van der Waals surface area contributed by atoms with E-state index in [-0.39, 0.29) is 11.8 Å². The standard InChI is InChI=1S/C20H30Br2N2O2/c21-13-5-1-3-7-15-23-19(25)17-9-11-18(12-10-17)20(26)24-16-8-4-2-6-14-22/h9-12H,1-8,13-16H2,(H,23,25)(H,24,26). The molecule has 0 fully saturated rings. The topological polar surface area (TPSA) is 58.2 Å². The molecule has 0 spiro atoms. The van der Waals surface area contributed by atoms with Crippen molar-refractivity contribution in [2.45, 2.75) is 51.4 Å². The van der Waals surface area contributed by atoms with Gasteiger partial charge in [-0.05, 0) is 49.9 Å².